The predicted octanol–water partition coefficient (Wildman–Crippen LogP) is 2.04. The van der Waals surface area contributed by atoms with Crippen molar-refractivity contribution < 1.29 is 9.47 Å². The molecule has 0 saturated carbocycles. The molecule has 1 aromatic carbocycles. The molecule has 1 aliphatic heterocycles. The molecule has 0 bridgehead atoms. The van der Waals surface area contributed by atoms with Gasteiger partial charge in [0.2, 0.25) is 0 Å². The number of hydrogen-bond donors (Lipinski definition) is 0. The van der Waals surface area contributed by atoms with E-state index in [1.807, 2.05) is 18.2 Å². The van der Waals surface area contributed by atoms with Gasteiger partial charge in [0.05, 0.1) is 30.4 Å². The largest absolute Gasteiger partial charge is 0.382 e. The molecule has 16 heavy (non-hydrogen) atoms. The second kappa shape index (κ2) is 4.25. The Kier molecular flexibility index (Phi) is 2.95. The Morgan fingerprint density at radius 1 is 1.50 bits per heavy atom. The van der Waals surface area contributed by atoms with Crippen LogP contribution < -0.4 is 0 Å². The van der Waals surface area contributed by atoms with Crippen molar-refractivity contribution in [1.29, 1.82) is 5.26 Å². The predicted molar refractivity (Wildman–Crippen MR) is 59.9 cm³/mol. The van der Waals surface area contributed by atoms with Crippen molar-refractivity contribution in [2.75, 3.05) is 13.7 Å². The third-order valence-electron chi connectivity index (χ3n) is 2.93. The summed E-state index contributed by atoms with van der Waals surface area (Å²) in [5.41, 5.74) is 2.82. The zero-order valence-electron chi connectivity index (χ0n) is 9.62. The van der Waals surface area contributed by atoms with Crippen molar-refractivity contribution in [1.82, 2.24) is 0 Å². The standard InChI is InChI=1S/C13H15NO2/c1-13(9-15-2)6-11-4-3-10(7-14)5-12(11)8-16-13/h3-5H,6,8-9H2,1-2H3. The van der Waals surface area contributed by atoms with Gasteiger partial charge in [0.25, 0.3) is 0 Å². The van der Waals surface area contributed by atoms with Crippen molar-refractivity contribution in [3.8, 4) is 6.07 Å². The topological polar surface area (TPSA) is 42.2 Å². The van der Waals surface area contributed by atoms with Gasteiger partial charge in [0.1, 0.15) is 0 Å². The van der Waals surface area contributed by atoms with Gasteiger partial charge in [-0.25, -0.2) is 0 Å². The summed E-state index contributed by atoms with van der Waals surface area (Å²) in [5, 5.41) is 8.82. The molecule has 0 N–H and O–H groups in total. The molecule has 3 heteroatoms. The van der Waals surface area contributed by atoms with Crippen LogP contribution in [0.25, 0.3) is 0 Å². The maximum atomic E-state index is 8.82. The molecule has 1 atom stereocenters. The van der Waals surface area contributed by atoms with E-state index in [2.05, 4.69) is 13.0 Å². The molecule has 3 nitrogen and oxygen atoms in total. The van der Waals surface area contributed by atoms with Gasteiger partial charge in [-0.1, -0.05) is 6.07 Å². The Bertz CT molecular complexity index is 436. The van der Waals surface area contributed by atoms with Crippen LogP contribution in [0, 0.1) is 11.3 Å². The molecule has 1 unspecified atom stereocenters. The minimum absolute atomic E-state index is 0.240. The summed E-state index contributed by atoms with van der Waals surface area (Å²) in [6.07, 6.45) is 0.835. The summed E-state index contributed by atoms with van der Waals surface area (Å²) < 4.78 is 11.0. The van der Waals surface area contributed by atoms with Crippen LogP contribution in [0.5, 0.6) is 0 Å². The third kappa shape index (κ3) is 2.08. The van der Waals surface area contributed by atoms with E-state index in [-0.39, 0.29) is 5.60 Å². The molecular weight excluding hydrogens is 202 g/mol. The molecule has 0 spiro atoms. The van der Waals surface area contributed by atoms with Crippen LogP contribution in [0.1, 0.15) is 23.6 Å². The quantitative estimate of drug-likeness (QED) is 0.761. The van der Waals surface area contributed by atoms with Crippen molar-refractivity contribution in [2.24, 2.45) is 0 Å². The summed E-state index contributed by atoms with van der Waals surface area (Å²) >= 11 is 0. The fourth-order valence-electron chi connectivity index (χ4n) is 2.11. The fraction of sp³-hybridized carbons (Fsp3) is 0.462. The summed E-state index contributed by atoms with van der Waals surface area (Å²) in [6, 6.07) is 7.92. The number of nitrogens with zero attached hydrogens (tertiary/aromatic N) is 1. The van der Waals surface area contributed by atoms with Crippen molar-refractivity contribution >= 4 is 0 Å². The van der Waals surface area contributed by atoms with E-state index in [9.17, 15) is 0 Å². The van der Waals surface area contributed by atoms with Crippen LogP contribution in [0.3, 0.4) is 0 Å². The van der Waals surface area contributed by atoms with Crippen LogP contribution in [0.15, 0.2) is 18.2 Å². The van der Waals surface area contributed by atoms with Gasteiger partial charge in [-0.15, -0.1) is 0 Å². The minimum atomic E-state index is -0.240. The Labute approximate surface area is 95.6 Å². The highest BCUT2D eigenvalue weighted by atomic mass is 16.5. The zero-order valence-corrected chi connectivity index (χ0v) is 9.62. The smallest absolute Gasteiger partial charge is 0.0991 e. The molecule has 0 aromatic heterocycles. The number of rotatable bonds is 2. The van der Waals surface area contributed by atoms with Crippen LogP contribution in [-0.4, -0.2) is 19.3 Å². The Balaban J connectivity index is 2.25. The Hall–Kier alpha value is -1.37. The summed E-state index contributed by atoms with van der Waals surface area (Å²) in [6.45, 7) is 3.20. The van der Waals surface area contributed by atoms with Gasteiger partial charge in [-0.2, -0.15) is 5.26 Å². The first kappa shape index (κ1) is 11.1. The molecule has 0 radical (unpaired) electrons. The monoisotopic (exact) mass is 217 g/mol. The second-order valence-corrected chi connectivity index (χ2v) is 4.44. The lowest BCUT2D eigenvalue weighted by atomic mass is 9.90. The van der Waals surface area contributed by atoms with Gasteiger partial charge in [0, 0.05) is 13.5 Å². The average Bonchev–Trinajstić information content (AvgIpc) is 2.28. The van der Waals surface area contributed by atoms with Crippen LogP contribution in [-0.2, 0) is 22.5 Å². The van der Waals surface area contributed by atoms with E-state index in [1.54, 1.807) is 7.11 Å². The Morgan fingerprint density at radius 3 is 3.00 bits per heavy atom. The van der Waals surface area contributed by atoms with Gasteiger partial charge in [-0.05, 0) is 30.2 Å². The normalized spacial score (nSPS) is 23.6. The highest BCUT2D eigenvalue weighted by molar-refractivity contribution is 5.39. The zero-order chi connectivity index (χ0) is 11.6. The number of fused-ring (bicyclic) bond motifs is 1. The maximum absolute atomic E-state index is 8.82. The van der Waals surface area contributed by atoms with E-state index >= 15 is 0 Å². The highest BCUT2D eigenvalue weighted by Crippen LogP contribution is 2.28. The van der Waals surface area contributed by atoms with Crippen LogP contribution in [0.2, 0.25) is 0 Å². The SMILES string of the molecule is COCC1(C)Cc2ccc(C#N)cc2CO1. The van der Waals surface area contributed by atoms with Crippen molar-refractivity contribution in [3.05, 3.63) is 34.9 Å². The number of benzene rings is 1. The lowest BCUT2D eigenvalue weighted by molar-refractivity contribution is -0.0943. The Morgan fingerprint density at radius 2 is 2.31 bits per heavy atom. The molecule has 1 heterocycles. The minimum Gasteiger partial charge on any atom is -0.382 e. The van der Waals surface area contributed by atoms with Gasteiger partial charge >= 0.3 is 0 Å². The number of nitriles is 1. The van der Waals surface area contributed by atoms with Crippen molar-refractivity contribution in [2.45, 2.75) is 25.6 Å². The number of ether oxygens (including phenoxy) is 2. The van der Waals surface area contributed by atoms with E-state index in [0.29, 0.717) is 18.8 Å². The first-order valence-corrected chi connectivity index (χ1v) is 5.32. The first-order chi connectivity index (χ1) is 7.67. The fourth-order valence-corrected chi connectivity index (χ4v) is 2.11. The molecule has 2 rings (SSSR count). The average molecular weight is 217 g/mol. The van der Waals surface area contributed by atoms with Gasteiger partial charge < -0.3 is 9.47 Å². The lowest BCUT2D eigenvalue weighted by Gasteiger charge is -2.34. The molecule has 0 fully saturated rings. The van der Waals surface area contributed by atoms with E-state index in [4.69, 9.17) is 14.7 Å². The first-order valence-electron chi connectivity index (χ1n) is 5.32. The number of methoxy groups -OCH3 is 1. The second-order valence-electron chi connectivity index (χ2n) is 4.44. The maximum Gasteiger partial charge on any atom is 0.0991 e. The van der Waals surface area contributed by atoms with E-state index < -0.39 is 0 Å². The van der Waals surface area contributed by atoms with E-state index in [1.165, 1.54) is 5.56 Å². The van der Waals surface area contributed by atoms with Crippen LogP contribution >= 0.6 is 0 Å². The third-order valence-corrected chi connectivity index (χ3v) is 2.93. The lowest BCUT2D eigenvalue weighted by Crippen LogP contribution is -2.39. The van der Waals surface area contributed by atoms with E-state index in [0.717, 1.165) is 12.0 Å². The number of hydrogen-bond acceptors (Lipinski definition) is 3. The molecule has 0 aliphatic carbocycles. The highest BCUT2D eigenvalue weighted by Gasteiger charge is 2.30. The summed E-state index contributed by atoms with van der Waals surface area (Å²) in [4.78, 5) is 0. The van der Waals surface area contributed by atoms with Gasteiger partial charge in [-0.3, -0.25) is 0 Å². The molecular formula is C13H15NO2. The molecule has 1 aromatic rings. The molecule has 0 saturated heterocycles. The molecule has 1 aliphatic rings. The van der Waals surface area contributed by atoms with Crippen molar-refractivity contribution in [3.63, 3.8) is 0 Å². The van der Waals surface area contributed by atoms with Gasteiger partial charge in [0.15, 0.2) is 0 Å². The summed E-state index contributed by atoms with van der Waals surface area (Å²) in [5.74, 6) is 0. The molecule has 0 amide bonds. The molecule has 84 valence electrons. The summed E-state index contributed by atoms with van der Waals surface area (Å²) in [7, 11) is 1.68. The van der Waals surface area contributed by atoms with Crippen LogP contribution in [0.4, 0.5) is 0 Å².